The lowest BCUT2D eigenvalue weighted by Crippen LogP contribution is -2.32. The van der Waals surface area contributed by atoms with Gasteiger partial charge in [-0.1, -0.05) is 6.92 Å². The Morgan fingerprint density at radius 1 is 1.64 bits per heavy atom. The van der Waals surface area contributed by atoms with Crippen LogP contribution < -0.4 is 0 Å². The summed E-state index contributed by atoms with van der Waals surface area (Å²) in [7, 11) is 0. The van der Waals surface area contributed by atoms with Gasteiger partial charge in [0.15, 0.2) is 0 Å². The molecule has 4 nitrogen and oxygen atoms in total. The van der Waals surface area contributed by atoms with Gasteiger partial charge in [0.25, 0.3) is 0 Å². The lowest BCUT2D eigenvalue weighted by Gasteiger charge is -2.28. The van der Waals surface area contributed by atoms with Crippen molar-refractivity contribution in [2.45, 2.75) is 19.4 Å². The van der Waals surface area contributed by atoms with Gasteiger partial charge in [0, 0.05) is 11.8 Å². The number of ether oxygens (including phenoxy) is 1. The number of hydrogen-bond donors (Lipinski definition) is 2. The second kappa shape index (κ2) is 3.28. The van der Waals surface area contributed by atoms with E-state index in [1.54, 1.807) is 0 Å². The first-order chi connectivity index (χ1) is 6.61. The summed E-state index contributed by atoms with van der Waals surface area (Å²) >= 11 is 0. The van der Waals surface area contributed by atoms with Crippen molar-refractivity contribution in [1.82, 2.24) is 0 Å². The Hall–Kier alpha value is -1.03. The van der Waals surface area contributed by atoms with E-state index in [1.165, 1.54) is 6.26 Å². The maximum Gasteiger partial charge on any atom is 0.335 e. The van der Waals surface area contributed by atoms with E-state index >= 15 is 0 Å². The molecule has 0 spiro atoms. The molecule has 4 atom stereocenters. The van der Waals surface area contributed by atoms with Crippen LogP contribution in [0.2, 0.25) is 0 Å². The molecule has 1 aliphatic heterocycles. The zero-order chi connectivity index (χ0) is 10.3. The van der Waals surface area contributed by atoms with Crippen molar-refractivity contribution in [3.05, 3.63) is 11.8 Å². The topological polar surface area (TPSA) is 66.8 Å². The molecule has 0 amide bonds. The molecule has 2 N–H and O–H groups in total. The molecule has 0 aromatic rings. The molecule has 1 saturated carbocycles. The fraction of sp³-hybridized carbons (Fsp3) is 0.700. The van der Waals surface area contributed by atoms with Crippen LogP contribution in [0, 0.1) is 17.8 Å². The number of hydrogen-bond acceptors (Lipinski definition) is 3. The van der Waals surface area contributed by atoms with Gasteiger partial charge in [0.05, 0.1) is 24.5 Å². The molecule has 0 saturated heterocycles. The number of carboxylic acids is 1. The molecule has 1 aliphatic carbocycles. The van der Waals surface area contributed by atoms with Crippen LogP contribution in [0.4, 0.5) is 0 Å². The van der Waals surface area contributed by atoms with E-state index < -0.39 is 12.1 Å². The molecule has 14 heavy (non-hydrogen) atoms. The van der Waals surface area contributed by atoms with Crippen molar-refractivity contribution in [3.8, 4) is 0 Å². The molecule has 1 fully saturated rings. The van der Waals surface area contributed by atoms with E-state index in [0.717, 1.165) is 0 Å². The number of fused-ring (bicyclic) bond motifs is 1. The molecule has 78 valence electrons. The van der Waals surface area contributed by atoms with Gasteiger partial charge in [-0.15, -0.1) is 0 Å². The Morgan fingerprint density at radius 2 is 2.36 bits per heavy atom. The number of aliphatic hydroxyl groups excluding tert-OH is 1. The summed E-state index contributed by atoms with van der Waals surface area (Å²) in [6.45, 7) is 2.56. The first-order valence-electron chi connectivity index (χ1n) is 4.84. The van der Waals surface area contributed by atoms with Crippen molar-refractivity contribution in [3.63, 3.8) is 0 Å². The van der Waals surface area contributed by atoms with E-state index in [-0.39, 0.29) is 17.4 Å². The van der Waals surface area contributed by atoms with Crippen LogP contribution in [0.15, 0.2) is 11.8 Å². The van der Waals surface area contributed by atoms with Crippen molar-refractivity contribution >= 4 is 5.97 Å². The fourth-order valence-electron chi connectivity index (χ4n) is 2.57. The first kappa shape index (κ1) is 9.52. The predicted molar refractivity (Wildman–Crippen MR) is 48.4 cm³/mol. The van der Waals surface area contributed by atoms with E-state index in [2.05, 4.69) is 0 Å². The van der Waals surface area contributed by atoms with Gasteiger partial charge in [-0.25, -0.2) is 4.79 Å². The van der Waals surface area contributed by atoms with Crippen LogP contribution in [0.1, 0.15) is 13.3 Å². The van der Waals surface area contributed by atoms with Crippen LogP contribution in [-0.2, 0) is 9.53 Å². The zero-order valence-electron chi connectivity index (χ0n) is 8.01. The van der Waals surface area contributed by atoms with Gasteiger partial charge in [0.1, 0.15) is 0 Å². The minimum absolute atomic E-state index is 0.154. The fourth-order valence-corrected chi connectivity index (χ4v) is 2.57. The predicted octanol–water partition coefficient (Wildman–Crippen LogP) is 0.618. The Labute approximate surface area is 82.2 Å². The van der Waals surface area contributed by atoms with Crippen molar-refractivity contribution in [1.29, 1.82) is 0 Å². The quantitative estimate of drug-likeness (QED) is 0.648. The highest BCUT2D eigenvalue weighted by Crippen LogP contribution is 2.43. The van der Waals surface area contributed by atoms with Crippen LogP contribution in [0.3, 0.4) is 0 Å². The summed E-state index contributed by atoms with van der Waals surface area (Å²) < 4.78 is 5.12. The summed E-state index contributed by atoms with van der Waals surface area (Å²) in [5.41, 5.74) is 0.220. The molecule has 0 radical (unpaired) electrons. The number of aliphatic carboxylic acids is 1. The van der Waals surface area contributed by atoms with Crippen LogP contribution in [0.5, 0.6) is 0 Å². The molecular weight excluding hydrogens is 184 g/mol. The summed E-state index contributed by atoms with van der Waals surface area (Å²) in [6, 6.07) is 0. The lowest BCUT2D eigenvalue weighted by atomic mass is 9.84. The SMILES string of the molecule is CC1CC(O)C2C(C(=O)O)=COCC12. The average molecular weight is 198 g/mol. The van der Waals surface area contributed by atoms with E-state index in [0.29, 0.717) is 18.9 Å². The summed E-state index contributed by atoms with van der Waals surface area (Å²) in [5, 5.41) is 18.7. The summed E-state index contributed by atoms with van der Waals surface area (Å²) in [6.07, 6.45) is 1.43. The molecule has 0 bridgehead atoms. The van der Waals surface area contributed by atoms with Crippen LogP contribution in [0.25, 0.3) is 0 Å². The van der Waals surface area contributed by atoms with Crippen LogP contribution >= 0.6 is 0 Å². The lowest BCUT2D eigenvalue weighted by molar-refractivity contribution is -0.134. The van der Waals surface area contributed by atoms with Gasteiger partial charge in [-0.3, -0.25) is 0 Å². The number of rotatable bonds is 1. The van der Waals surface area contributed by atoms with E-state index in [1.807, 2.05) is 6.92 Å². The summed E-state index contributed by atoms with van der Waals surface area (Å²) in [4.78, 5) is 10.9. The van der Waals surface area contributed by atoms with Crippen molar-refractivity contribution < 1.29 is 19.7 Å². The first-order valence-corrected chi connectivity index (χ1v) is 4.84. The second-order valence-corrected chi connectivity index (χ2v) is 4.18. The molecule has 2 aliphatic rings. The Kier molecular flexibility index (Phi) is 2.23. The minimum atomic E-state index is -0.979. The molecule has 0 aromatic carbocycles. The van der Waals surface area contributed by atoms with Gasteiger partial charge in [0.2, 0.25) is 0 Å². The molecule has 2 rings (SSSR count). The van der Waals surface area contributed by atoms with Gasteiger partial charge in [-0.2, -0.15) is 0 Å². The largest absolute Gasteiger partial charge is 0.500 e. The summed E-state index contributed by atoms with van der Waals surface area (Å²) in [5.74, 6) is -0.733. The van der Waals surface area contributed by atoms with Crippen molar-refractivity contribution in [2.24, 2.45) is 17.8 Å². The number of carbonyl (C=O) groups is 1. The monoisotopic (exact) mass is 198 g/mol. The van der Waals surface area contributed by atoms with Gasteiger partial charge < -0.3 is 14.9 Å². The normalized spacial score (nSPS) is 41.1. The molecular formula is C10H14O4. The highest BCUT2D eigenvalue weighted by Gasteiger charge is 2.46. The van der Waals surface area contributed by atoms with E-state index in [9.17, 15) is 9.90 Å². The van der Waals surface area contributed by atoms with Gasteiger partial charge in [-0.05, 0) is 12.3 Å². The average Bonchev–Trinajstić information content (AvgIpc) is 2.43. The maximum absolute atomic E-state index is 10.9. The maximum atomic E-state index is 10.9. The van der Waals surface area contributed by atoms with Crippen molar-refractivity contribution in [2.75, 3.05) is 6.61 Å². The molecule has 0 aromatic heterocycles. The second-order valence-electron chi connectivity index (χ2n) is 4.18. The Balaban J connectivity index is 2.29. The highest BCUT2D eigenvalue weighted by molar-refractivity contribution is 5.87. The molecule has 1 heterocycles. The third-order valence-electron chi connectivity index (χ3n) is 3.33. The molecule has 4 heteroatoms. The third kappa shape index (κ3) is 1.30. The highest BCUT2D eigenvalue weighted by atomic mass is 16.5. The Morgan fingerprint density at radius 3 is 3.00 bits per heavy atom. The zero-order valence-corrected chi connectivity index (χ0v) is 8.01. The number of carboxylic acid groups (broad SMARTS) is 1. The number of aliphatic hydroxyl groups is 1. The smallest absolute Gasteiger partial charge is 0.335 e. The van der Waals surface area contributed by atoms with Crippen LogP contribution in [-0.4, -0.2) is 28.9 Å². The third-order valence-corrected chi connectivity index (χ3v) is 3.33. The minimum Gasteiger partial charge on any atom is -0.500 e. The van der Waals surface area contributed by atoms with E-state index in [4.69, 9.17) is 9.84 Å². The Bertz CT molecular complexity index is 284. The molecule has 4 unspecified atom stereocenters. The van der Waals surface area contributed by atoms with Gasteiger partial charge >= 0.3 is 5.97 Å². The standard InChI is InChI=1S/C10H14O4/c1-5-2-8(11)9-6(5)3-14-4-7(9)10(12)13/h4-6,8-9,11H,2-3H2,1H3,(H,12,13).